The first kappa shape index (κ1) is 7.08. The fourth-order valence-electron chi connectivity index (χ4n) is 0.550. The number of nitrogens with one attached hydrogen (secondary N) is 1. The first-order valence-corrected chi connectivity index (χ1v) is 3.17. The van der Waals surface area contributed by atoms with Crippen LogP contribution in [0, 0.1) is 0 Å². The number of carbonyl (C=O) groups excluding carboxylic acids is 1. The Kier molecular flexibility index (Phi) is 1.91. The fraction of sp³-hybridized carbons (Fsp3) is 0.200. The number of hydrogen-bond donors (Lipinski definition) is 2. The topological polar surface area (TPSA) is 71.8 Å². The zero-order valence-electron chi connectivity index (χ0n) is 5.10. The summed E-state index contributed by atoms with van der Waals surface area (Å²) >= 11 is 5.26. The second-order valence-corrected chi connectivity index (χ2v) is 2.01. The van der Waals surface area contributed by atoms with Gasteiger partial charge >= 0.3 is 0 Å². The van der Waals surface area contributed by atoms with E-state index in [4.69, 9.17) is 17.3 Å². The largest absolute Gasteiger partial charge is 0.369 e. The van der Waals surface area contributed by atoms with Gasteiger partial charge in [-0.3, -0.25) is 4.79 Å². The molecular formula is C5H6ClN3O. The number of nitrogen functional groups attached to an aromatic ring is 1. The van der Waals surface area contributed by atoms with Crippen molar-refractivity contribution in [2.24, 2.45) is 0 Å². The van der Waals surface area contributed by atoms with Gasteiger partial charge in [0, 0.05) is 0 Å². The van der Waals surface area contributed by atoms with E-state index in [2.05, 4.69) is 9.97 Å². The van der Waals surface area contributed by atoms with Crippen LogP contribution in [0.4, 0.5) is 5.95 Å². The smallest absolute Gasteiger partial charge is 0.197 e. The van der Waals surface area contributed by atoms with Crippen LogP contribution in [0.3, 0.4) is 0 Å². The molecule has 0 bridgehead atoms. The van der Waals surface area contributed by atoms with Gasteiger partial charge in [-0.2, -0.15) is 0 Å². The highest BCUT2D eigenvalue weighted by Gasteiger charge is 2.05. The highest BCUT2D eigenvalue weighted by molar-refractivity contribution is 6.30. The predicted molar refractivity (Wildman–Crippen MR) is 38.1 cm³/mol. The maximum atomic E-state index is 10.8. The van der Waals surface area contributed by atoms with Crippen molar-refractivity contribution in [3.8, 4) is 0 Å². The van der Waals surface area contributed by atoms with E-state index in [9.17, 15) is 4.79 Å². The van der Waals surface area contributed by atoms with Gasteiger partial charge in [0.05, 0.1) is 12.1 Å². The number of anilines is 1. The highest BCUT2D eigenvalue weighted by Crippen LogP contribution is 1.99. The molecule has 0 aliphatic rings. The molecule has 0 aromatic carbocycles. The molecular weight excluding hydrogens is 154 g/mol. The van der Waals surface area contributed by atoms with E-state index in [1.165, 1.54) is 6.20 Å². The minimum Gasteiger partial charge on any atom is -0.369 e. The third kappa shape index (κ3) is 1.27. The Morgan fingerprint density at radius 3 is 3.00 bits per heavy atom. The van der Waals surface area contributed by atoms with Gasteiger partial charge in [0.25, 0.3) is 0 Å². The SMILES string of the molecule is Nc1ncc(C(=O)CCl)[nH]1. The van der Waals surface area contributed by atoms with Crippen LogP contribution in [0.1, 0.15) is 10.5 Å². The molecule has 3 N–H and O–H groups in total. The fourth-order valence-corrected chi connectivity index (χ4v) is 0.694. The van der Waals surface area contributed by atoms with E-state index in [0.29, 0.717) is 5.69 Å². The molecule has 54 valence electrons. The van der Waals surface area contributed by atoms with Gasteiger partial charge in [-0.15, -0.1) is 11.6 Å². The monoisotopic (exact) mass is 159 g/mol. The molecule has 0 saturated carbocycles. The highest BCUT2D eigenvalue weighted by atomic mass is 35.5. The number of Topliss-reactive ketones (excluding diaryl/α,β-unsaturated/α-hetero) is 1. The number of nitrogens with zero attached hydrogens (tertiary/aromatic N) is 1. The predicted octanol–water partition coefficient (Wildman–Crippen LogP) is 0.413. The number of nitrogens with two attached hydrogens (primary N) is 1. The maximum absolute atomic E-state index is 10.8. The standard InChI is InChI=1S/C5H6ClN3O/c6-1-4(10)3-2-8-5(7)9-3/h2H,1H2,(H3,7,8,9). The number of imidazole rings is 1. The third-order valence-corrected chi connectivity index (χ3v) is 1.26. The number of carbonyl (C=O) groups is 1. The number of halogens is 1. The number of aromatic amines is 1. The molecule has 0 saturated heterocycles. The Balaban J connectivity index is 2.85. The van der Waals surface area contributed by atoms with Gasteiger partial charge < -0.3 is 10.7 Å². The first-order valence-electron chi connectivity index (χ1n) is 2.63. The molecule has 1 aromatic rings. The molecule has 0 unspecified atom stereocenters. The van der Waals surface area contributed by atoms with Crippen molar-refractivity contribution >= 4 is 23.3 Å². The van der Waals surface area contributed by atoms with E-state index >= 15 is 0 Å². The molecule has 10 heavy (non-hydrogen) atoms. The van der Waals surface area contributed by atoms with Crippen LogP contribution in [-0.2, 0) is 0 Å². The average Bonchev–Trinajstić information content (AvgIpc) is 2.34. The van der Waals surface area contributed by atoms with Crippen molar-refractivity contribution in [1.82, 2.24) is 9.97 Å². The van der Waals surface area contributed by atoms with E-state index in [0.717, 1.165) is 0 Å². The van der Waals surface area contributed by atoms with Gasteiger partial charge in [0.2, 0.25) is 0 Å². The van der Waals surface area contributed by atoms with Crippen molar-refractivity contribution in [3.63, 3.8) is 0 Å². The summed E-state index contributed by atoms with van der Waals surface area (Å²) in [5, 5.41) is 0. The van der Waals surface area contributed by atoms with Crippen LogP contribution in [-0.4, -0.2) is 21.6 Å². The van der Waals surface area contributed by atoms with Crippen LogP contribution >= 0.6 is 11.6 Å². The molecule has 0 radical (unpaired) electrons. The Hall–Kier alpha value is -1.03. The van der Waals surface area contributed by atoms with Crippen LogP contribution in [0.25, 0.3) is 0 Å². The molecule has 0 aliphatic heterocycles. The quantitative estimate of drug-likeness (QED) is 0.485. The van der Waals surface area contributed by atoms with Crippen LogP contribution in [0.15, 0.2) is 6.20 Å². The molecule has 4 nitrogen and oxygen atoms in total. The summed E-state index contributed by atoms with van der Waals surface area (Å²) in [7, 11) is 0. The van der Waals surface area contributed by atoms with Gasteiger partial charge in [-0.05, 0) is 0 Å². The molecule has 0 amide bonds. The second kappa shape index (κ2) is 2.70. The van der Waals surface area contributed by atoms with Gasteiger partial charge in [-0.1, -0.05) is 0 Å². The summed E-state index contributed by atoms with van der Waals surface area (Å²) in [5.41, 5.74) is 5.56. The summed E-state index contributed by atoms with van der Waals surface area (Å²) in [6.07, 6.45) is 1.36. The summed E-state index contributed by atoms with van der Waals surface area (Å²) in [6, 6.07) is 0. The molecule has 0 aliphatic carbocycles. The lowest BCUT2D eigenvalue weighted by atomic mass is 10.3. The maximum Gasteiger partial charge on any atom is 0.197 e. The molecule has 0 spiro atoms. The lowest BCUT2D eigenvalue weighted by molar-refractivity contribution is 0.101. The molecule has 1 aromatic heterocycles. The van der Waals surface area contributed by atoms with E-state index in [-0.39, 0.29) is 17.6 Å². The Labute approximate surface area is 62.4 Å². The van der Waals surface area contributed by atoms with Crippen LogP contribution < -0.4 is 5.73 Å². The Morgan fingerprint density at radius 1 is 1.90 bits per heavy atom. The van der Waals surface area contributed by atoms with E-state index < -0.39 is 0 Å². The van der Waals surface area contributed by atoms with Crippen LogP contribution in [0.2, 0.25) is 0 Å². The van der Waals surface area contributed by atoms with Crippen molar-refractivity contribution < 1.29 is 4.79 Å². The number of alkyl halides is 1. The summed E-state index contributed by atoms with van der Waals surface area (Å²) in [6.45, 7) is 0. The number of aromatic nitrogens is 2. The Bertz CT molecular complexity index is 245. The van der Waals surface area contributed by atoms with Crippen molar-refractivity contribution in [1.29, 1.82) is 0 Å². The molecule has 0 fully saturated rings. The van der Waals surface area contributed by atoms with Crippen molar-refractivity contribution in [2.45, 2.75) is 0 Å². The lowest BCUT2D eigenvalue weighted by Crippen LogP contribution is -2.00. The van der Waals surface area contributed by atoms with E-state index in [1.807, 2.05) is 0 Å². The van der Waals surface area contributed by atoms with E-state index in [1.54, 1.807) is 0 Å². The summed E-state index contributed by atoms with van der Waals surface area (Å²) in [4.78, 5) is 17.0. The average molecular weight is 160 g/mol. The number of ketones is 1. The Morgan fingerprint density at radius 2 is 2.60 bits per heavy atom. The van der Waals surface area contributed by atoms with Gasteiger partial charge in [0.15, 0.2) is 11.7 Å². The number of hydrogen-bond acceptors (Lipinski definition) is 3. The summed E-state index contributed by atoms with van der Waals surface area (Å²) in [5.74, 6) is -0.0268. The normalized spacial score (nSPS) is 9.70. The molecule has 0 atom stereocenters. The van der Waals surface area contributed by atoms with Crippen LogP contribution in [0.5, 0.6) is 0 Å². The van der Waals surface area contributed by atoms with Crippen molar-refractivity contribution in [3.05, 3.63) is 11.9 Å². The first-order chi connectivity index (χ1) is 4.74. The number of H-pyrrole nitrogens is 1. The zero-order chi connectivity index (χ0) is 7.56. The minimum atomic E-state index is -0.203. The summed E-state index contributed by atoms with van der Waals surface area (Å²) < 4.78 is 0. The van der Waals surface area contributed by atoms with Crippen molar-refractivity contribution in [2.75, 3.05) is 11.6 Å². The zero-order valence-corrected chi connectivity index (χ0v) is 5.85. The third-order valence-electron chi connectivity index (χ3n) is 1.02. The minimum absolute atomic E-state index is 0.0539. The molecule has 5 heteroatoms. The van der Waals surface area contributed by atoms with Gasteiger partial charge in [-0.25, -0.2) is 4.98 Å². The lowest BCUT2D eigenvalue weighted by Gasteiger charge is -1.86. The van der Waals surface area contributed by atoms with Gasteiger partial charge in [0.1, 0.15) is 5.69 Å². The molecule has 1 rings (SSSR count). The number of rotatable bonds is 2. The second-order valence-electron chi connectivity index (χ2n) is 1.74. The molecule has 1 heterocycles.